The molecule has 0 bridgehead atoms. The standard InChI is InChI=1S/C9H8Br2N4O/c1-15(2)4-12-7-5(10)3-6(11)8-9(7)14-16-13-8/h3-4H,1-2H3. The highest BCUT2D eigenvalue weighted by Gasteiger charge is 2.13. The molecule has 0 unspecified atom stereocenters. The highest BCUT2D eigenvalue weighted by Crippen LogP contribution is 2.36. The van der Waals surface area contributed by atoms with E-state index in [0.717, 1.165) is 8.95 Å². The van der Waals surface area contributed by atoms with Crippen molar-refractivity contribution >= 4 is 54.9 Å². The van der Waals surface area contributed by atoms with E-state index in [9.17, 15) is 0 Å². The summed E-state index contributed by atoms with van der Waals surface area (Å²) in [6, 6.07) is 1.87. The lowest BCUT2D eigenvalue weighted by molar-refractivity contribution is 0.315. The minimum atomic E-state index is 0.624. The van der Waals surface area contributed by atoms with Gasteiger partial charge in [-0.15, -0.1) is 0 Å². The van der Waals surface area contributed by atoms with Crippen molar-refractivity contribution in [1.29, 1.82) is 0 Å². The molecule has 84 valence electrons. The van der Waals surface area contributed by atoms with E-state index < -0.39 is 0 Å². The third-order valence-corrected chi connectivity index (χ3v) is 3.05. The van der Waals surface area contributed by atoms with Crippen molar-refractivity contribution in [2.45, 2.75) is 0 Å². The average Bonchev–Trinajstić information content (AvgIpc) is 2.65. The summed E-state index contributed by atoms with van der Waals surface area (Å²) in [7, 11) is 3.79. The summed E-state index contributed by atoms with van der Waals surface area (Å²) in [6.45, 7) is 0. The number of aliphatic imine (C=N–C) groups is 1. The van der Waals surface area contributed by atoms with Crippen LogP contribution in [-0.4, -0.2) is 35.6 Å². The second kappa shape index (κ2) is 4.50. The molecule has 0 atom stereocenters. The third kappa shape index (κ3) is 2.10. The summed E-state index contributed by atoms with van der Waals surface area (Å²) in [6.07, 6.45) is 1.70. The lowest BCUT2D eigenvalue weighted by Gasteiger charge is -2.04. The predicted molar refractivity (Wildman–Crippen MR) is 69.0 cm³/mol. The fraction of sp³-hybridized carbons (Fsp3) is 0.222. The van der Waals surface area contributed by atoms with Gasteiger partial charge in [-0.25, -0.2) is 9.62 Å². The number of aromatic nitrogens is 2. The minimum absolute atomic E-state index is 0.624. The van der Waals surface area contributed by atoms with Gasteiger partial charge in [-0.3, -0.25) is 0 Å². The van der Waals surface area contributed by atoms with Gasteiger partial charge in [0.25, 0.3) is 0 Å². The zero-order chi connectivity index (χ0) is 11.7. The topological polar surface area (TPSA) is 54.5 Å². The number of fused-ring (bicyclic) bond motifs is 1. The van der Waals surface area contributed by atoms with Gasteiger partial charge in [-0.2, -0.15) is 0 Å². The molecule has 0 saturated carbocycles. The Balaban J connectivity index is 2.63. The van der Waals surface area contributed by atoms with Crippen LogP contribution in [0.3, 0.4) is 0 Å². The third-order valence-electron chi connectivity index (χ3n) is 1.84. The van der Waals surface area contributed by atoms with Gasteiger partial charge in [0.15, 0.2) is 11.0 Å². The van der Waals surface area contributed by atoms with Crippen LogP contribution in [0.15, 0.2) is 24.6 Å². The van der Waals surface area contributed by atoms with Crippen molar-refractivity contribution in [1.82, 2.24) is 15.2 Å². The normalized spacial score (nSPS) is 11.5. The molecule has 1 aromatic heterocycles. The van der Waals surface area contributed by atoms with E-state index in [4.69, 9.17) is 4.63 Å². The van der Waals surface area contributed by atoms with E-state index in [-0.39, 0.29) is 0 Å². The van der Waals surface area contributed by atoms with Crippen LogP contribution >= 0.6 is 31.9 Å². The summed E-state index contributed by atoms with van der Waals surface area (Å²) in [5, 5.41) is 7.65. The van der Waals surface area contributed by atoms with Gasteiger partial charge < -0.3 is 4.90 Å². The van der Waals surface area contributed by atoms with E-state index in [1.165, 1.54) is 0 Å². The van der Waals surface area contributed by atoms with Crippen molar-refractivity contribution in [3.05, 3.63) is 15.0 Å². The highest BCUT2D eigenvalue weighted by atomic mass is 79.9. The Kier molecular flexibility index (Phi) is 3.25. The first-order chi connectivity index (χ1) is 7.59. The molecule has 7 heteroatoms. The molecule has 0 spiro atoms. The molecular formula is C9H8Br2N4O. The summed E-state index contributed by atoms with van der Waals surface area (Å²) in [5.74, 6) is 0. The van der Waals surface area contributed by atoms with Crippen molar-refractivity contribution in [3.8, 4) is 0 Å². The summed E-state index contributed by atoms with van der Waals surface area (Å²) in [4.78, 5) is 6.16. The van der Waals surface area contributed by atoms with Gasteiger partial charge >= 0.3 is 0 Å². The largest absolute Gasteiger partial charge is 0.369 e. The van der Waals surface area contributed by atoms with Gasteiger partial charge in [0.2, 0.25) is 0 Å². The Morgan fingerprint density at radius 2 is 1.94 bits per heavy atom. The number of hydrogen-bond donors (Lipinski definition) is 0. The van der Waals surface area contributed by atoms with Gasteiger partial charge in [0, 0.05) is 18.6 Å². The molecule has 0 saturated heterocycles. The maximum atomic E-state index is 4.71. The zero-order valence-electron chi connectivity index (χ0n) is 8.61. The summed E-state index contributed by atoms with van der Waals surface area (Å²) < 4.78 is 6.36. The maximum absolute atomic E-state index is 4.71. The number of hydrogen-bond acceptors (Lipinski definition) is 4. The van der Waals surface area contributed by atoms with Crippen LogP contribution in [0.1, 0.15) is 0 Å². The Hall–Kier alpha value is -0.950. The second-order valence-electron chi connectivity index (χ2n) is 3.36. The molecule has 0 amide bonds. The fourth-order valence-corrected chi connectivity index (χ4v) is 2.47. The first-order valence-electron chi connectivity index (χ1n) is 4.40. The average molecular weight is 348 g/mol. The molecule has 0 radical (unpaired) electrons. The highest BCUT2D eigenvalue weighted by molar-refractivity contribution is 9.11. The van der Waals surface area contributed by atoms with Crippen LogP contribution in [0.25, 0.3) is 11.0 Å². The lowest BCUT2D eigenvalue weighted by atomic mass is 10.3. The molecule has 0 aliphatic heterocycles. The van der Waals surface area contributed by atoms with Crippen LogP contribution in [-0.2, 0) is 0 Å². The summed E-state index contributed by atoms with van der Waals surface area (Å²) in [5.41, 5.74) is 1.99. The molecule has 2 aromatic rings. The molecular weight excluding hydrogens is 340 g/mol. The monoisotopic (exact) mass is 346 g/mol. The van der Waals surface area contributed by atoms with Crippen LogP contribution in [0.4, 0.5) is 5.69 Å². The van der Waals surface area contributed by atoms with Crippen molar-refractivity contribution in [2.75, 3.05) is 14.1 Å². The van der Waals surface area contributed by atoms with Crippen molar-refractivity contribution in [2.24, 2.45) is 4.99 Å². The van der Waals surface area contributed by atoms with E-state index in [1.54, 1.807) is 6.34 Å². The molecule has 0 aliphatic rings. The maximum Gasteiger partial charge on any atom is 0.163 e. The second-order valence-corrected chi connectivity index (χ2v) is 5.07. The van der Waals surface area contributed by atoms with Gasteiger partial charge in [-0.05, 0) is 48.2 Å². The molecule has 16 heavy (non-hydrogen) atoms. The number of nitrogens with zero attached hydrogens (tertiary/aromatic N) is 4. The van der Waals surface area contributed by atoms with Crippen LogP contribution in [0.2, 0.25) is 0 Å². The fourth-order valence-electron chi connectivity index (χ4n) is 1.16. The Morgan fingerprint density at radius 3 is 2.62 bits per heavy atom. The van der Waals surface area contributed by atoms with Gasteiger partial charge in [0.1, 0.15) is 5.69 Å². The minimum Gasteiger partial charge on any atom is -0.369 e. The van der Waals surface area contributed by atoms with E-state index >= 15 is 0 Å². The first kappa shape index (κ1) is 11.5. The van der Waals surface area contributed by atoms with Crippen LogP contribution in [0.5, 0.6) is 0 Å². The summed E-state index contributed by atoms with van der Waals surface area (Å²) >= 11 is 6.82. The molecule has 1 heterocycles. The van der Waals surface area contributed by atoms with Crippen molar-refractivity contribution in [3.63, 3.8) is 0 Å². The molecule has 1 aromatic carbocycles. The Bertz CT molecular complexity index is 550. The molecule has 0 aliphatic carbocycles. The zero-order valence-corrected chi connectivity index (χ0v) is 11.8. The Labute approximate surface area is 109 Å². The molecule has 0 N–H and O–H groups in total. The smallest absolute Gasteiger partial charge is 0.163 e. The lowest BCUT2D eigenvalue weighted by Crippen LogP contribution is -2.07. The van der Waals surface area contributed by atoms with Gasteiger partial charge in [0.05, 0.1) is 10.8 Å². The number of halogens is 2. The van der Waals surface area contributed by atoms with Gasteiger partial charge in [-0.1, -0.05) is 0 Å². The number of rotatable bonds is 2. The molecule has 0 fully saturated rings. The number of benzene rings is 1. The first-order valence-corrected chi connectivity index (χ1v) is 5.99. The quantitative estimate of drug-likeness (QED) is 0.619. The SMILES string of the molecule is CN(C)C=Nc1c(Br)cc(Br)c2nonc12. The van der Waals surface area contributed by atoms with E-state index in [1.807, 2.05) is 25.1 Å². The predicted octanol–water partition coefficient (Wildman–Crippen LogP) is 2.97. The van der Waals surface area contributed by atoms with Crippen LogP contribution in [0, 0.1) is 0 Å². The Morgan fingerprint density at radius 1 is 1.25 bits per heavy atom. The molecule has 2 rings (SSSR count). The van der Waals surface area contributed by atoms with E-state index in [0.29, 0.717) is 16.7 Å². The van der Waals surface area contributed by atoms with Crippen LogP contribution < -0.4 is 0 Å². The molecule has 5 nitrogen and oxygen atoms in total. The van der Waals surface area contributed by atoms with Crippen molar-refractivity contribution < 1.29 is 4.63 Å². The van der Waals surface area contributed by atoms with E-state index in [2.05, 4.69) is 47.2 Å².